The lowest BCUT2D eigenvalue weighted by molar-refractivity contribution is -0.132. The molecule has 4 nitrogen and oxygen atoms in total. The first-order valence-electron chi connectivity index (χ1n) is 5.54. The molecule has 0 unspecified atom stereocenters. The fourth-order valence-corrected chi connectivity index (χ4v) is 1.97. The number of fused-ring (bicyclic) bond motifs is 1. The molecule has 0 radical (unpaired) electrons. The molecule has 0 amide bonds. The molecule has 0 aliphatic rings. The van der Waals surface area contributed by atoms with Gasteiger partial charge in [0, 0.05) is 11.0 Å². The molecule has 0 spiro atoms. The Morgan fingerprint density at radius 1 is 1.42 bits per heavy atom. The van der Waals surface area contributed by atoms with Crippen molar-refractivity contribution in [2.45, 2.75) is 13.8 Å². The number of hydrogen-bond acceptors (Lipinski definition) is 3. The summed E-state index contributed by atoms with van der Waals surface area (Å²) in [6.45, 7) is 3.28. The topological polar surface area (TPSA) is 67.5 Å². The van der Waals surface area contributed by atoms with Gasteiger partial charge in [0.1, 0.15) is 5.58 Å². The molecule has 0 aliphatic heterocycles. The van der Waals surface area contributed by atoms with Crippen LogP contribution in [0, 0.1) is 6.92 Å². The van der Waals surface area contributed by atoms with Crippen molar-refractivity contribution in [2.24, 2.45) is 0 Å². The smallest absolute Gasteiger partial charge is 0.345 e. The highest BCUT2D eigenvalue weighted by Crippen LogP contribution is 2.27. The van der Waals surface area contributed by atoms with E-state index in [9.17, 15) is 9.59 Å². The molecule has 5 heteroatoms. The Hall–Kier alpha value is -2.07. The van der Waals surface area contributed by atoms with E-state index in [0.717, 1.165) is 5.56 Å². The van der Waals surface area contributed by atoms with Crippen molar-refractivity contribution < 1.29 is 14.3 Å². The summed E-state index contributed by atoms with van der Waals surface area (Å²) in [5.74, 6) is -1.11. The number of aryl methyl sites for hydroxylation is 1. The summed E-state index contributed by atoms with van der Waals surface area (Å²) in [4.78, 5) is 22.6. The molecule has 0 saturated heterocycles. The van der Waals surface area contributed by atoms with Crippen LogP contribution in [-0.4, -0.2) is 11.1 Å². The van der Waals surface area contributed by atoms with Gasteiger partial charge in [0.15, 0.2) is 0 Å². The maximum Gasteiger partial charge on any atom is 0.345 e. The van der Waals surface area contributed by atoms with E-state index >= 15 is 0 Å². The van der Waals surface area contributed by atoms with Crippen LogP contribution in [0.15, 0.2) is 33.0 Å². The van der Waals surface area contributed by atoms with Gasteiger partial charge in [0.2, 0.25) is 0 Å². The van der Waals surface area contributed by atoms with Crippen LogP contribution in [0.1, 0.15) is 18.1 Å². The van der Waals surface area contributed by atoms with Gasteiger partial charge in [-0.3, -0.25) is 0 Å². The lowest BCUT2D eigenvalue weighted by Crippen LogP contribution is -2.06. The molecule has 0 saturated carbocycles. The number of carboxylic acids is 1. The number of halogens is 1. The third-order valence-electron chi connectivity index (χ3n) is 2.73. The van der Waals surface area contributed by atoms with Gasteiger partial charge in [-0.1, -0.05) is 23.2 Å². The maximum atomic E-state index is 11.8. The van der Waals surface area contributed by atoms with E-state index in [1.165, 1.54) is 13.0 Å². The lowest BCUT2D eigenvalue weighted by atomic mass is 10.1. The molecule has 2 aromatic rings. The van der Waals surface area contributed by atoms with E-state index in [4.69, 9.17) is 21.1 Å². The number of hydrogen-bond donors (Lipinski definition) is 1. The largest absolute Gasteiger partial charge is 0.478 e. The molecule has 19 heavy (non-hydrogen) atoms. The predicted octanol–water partition coefficient (Wildman–Crippen LogP) is 3.24. The molecule has 0 atom stereocenters. The Kier molecular flexibility index (Phi) is 3.44. The van der Waals surface area contributed by atoms with Gasteiger partial charge >= 0.3 is 11.6 Å². The number of aliphatic carboxylic acids is 1. The predicted molar refractivity (Wildman–Crippen MR) is 73.5 cm³/mol. The summed E-state index contributed by atoms with van der Waals surface area (Å²) < 4.78 is 5.13. The molecule has 1 N–H and O–H groups in total. The standard InChI is InChI=1S/C14H11ClO4/c1-7-3-4-11-9(5-7)12(15)10(14(18)19-11)6-8(2)13(16)17/h3-6H,1-2H3,(H,16,17)/b8-6+. The maximum absolute atomic E-state index is 11.8. The van der Waals surface area contributed by atoms with Gasteiger partial charge in [-0.15, -0.1) is 0 Å². The Morgan fingerprint density at radius 2 is 2.11 bits per heavy atom. The first-order chi connectivity index (χ1) is 8.90. The van der Waals surface area contributed by atoms with E-state index in [0.29, 0.717) is 11.0 Å². The number of benzene rings is 1. The number of carbonyl (C=O) groups is 1. The highest BCUT2D eigenvalue weighted by atomic mass is 35.5. The molecule has 1 aromatic heterocycles. The summed E-state index contributed by atoms with van der Waals surface area (Å²) in [5.41, 5.74) is 0.765. The fourth-order valence-electron chi connectivity index (χ4n) is 1.69. The minimum absolute atomic E-state index is 0.0150. The third kappa shape index (κ3) is 2.53. The molecule has 2 rings (SSSR count). The van der Waals surface area contributed by atoms with Crippen molar-refractivity contribution >= 4 is 34.6 Å². The first kappa shape index (κ1) is 13.4. The van der Waals surface area contributed by atoms with Crippen LogP contribution in [-0.2, 0) is 4.79 Å². The van der Waals surface area contributed by atoms with Gasteiger partial charge < -0.3 is 9.52 Å². The highest BCUT2D eigenvalue weighted by Gasteiger charge is 2.13. The van der Waals surface area contributed by atoms with Crippen molar-refractivity contribution in [2.75, 3.05) is 0 Å². The second-order valence-electron chi connectivity index (χ2n) is 4.25. The number of carboxylic acid groups (broad SMARTS) is 1. The van der Waals surface area contributed by atoms with E-state index in [2.05, 4.69) is 0 Å². The van der Waals surface area contributed by atoms with Crippen molar-refractivity contribution in [3.63, 3.8) is 0 Å². The SMILES string of the molecule is C/C(=C\c1c(Cl)c2cc(C)ccc2oc1=O)C(=O)O. The second kappa shape index (κ2) is 4.90. The Labute approximate surface area is 113 Å². The molecule has 0 bridgehead atoms. The van der Waals surface area contributed by atoms with E-state index < -0.39 is 11.6 Å². The second-order valence-corrected chi connectivity index (χ2v) is 4.63. The Morgan fingerprint density at radius 3 is 2.74 bits per heavy atom. The highest BCUT2D eigenvalue weighted by molar-refractivity contribution is 6.36. The van der Waals surface area contributed by atoms with Crippen LogP contribution in [0.5, 0.6) is 0 Å². The van der Waals surface area contributed by atoms with Gasteiger partial charge in [0.05, 0.1) is 10.6 Å². The number of rotatable bonds is 2. The molecule has 1 heterocycles. The van der Waals surface area contributed by atoms with Crippen LogP contribution in [0.25, 0.3) is 17.0 Å². The van der Waals surface area contributed by atoms with Crippen molar-refractivity contribution in [1.29, 1.82) is 0 Å². The monoisotopic (exact) mass is 278 g/mol. The van der Waals surface area contributed by atoms with Gasteiger partial charge in [-0.2, -0.15) is 0 Å². The zero-order valence-corrected chi connectivity index (χ0v) is 11.1. The average Bonchev–Trinajstić information content (AvgIpc) is 2.35. The summed E-state index contributed by atoms with van der Waals surface area (Å²) >= 11 is 6.17. The quantitative estimate of drug-likeness (QED) is 0.676. The van der Waals surface area contributed by atoms with Crippen LogP contribution < -0.4 is 5.63 Å². The summed E-state index contributed by atoms with van der Waals surface area (Å²) in [6.07, 6.45) is 1.22. The minimum Gasteiger partial charge on any atom is -0.478 e. The molecule has 98 valence electrons. The summed E-state index contributed by atoms with van der Waals surface area (Å²) in [7, 11) is 0. The molecule has 1 aromatic carbocycles. The zero-order chi connectivity index (χ0) is 14.2. The molecule has 0 fully saturated rings. The molecular weight excluding hydrogens is 268 g/mol. The van der Waals surface area contributed by atoms with E-state index in [1.54, 1.807) is 18.2 Å². The van der Waals surface area contributed by atoms with Crippen LogP contribution >= 0.6 is 11.6 Å². The molecular formula is C14H11ClO4. The molecule has 0 aliphatic carbocycles. The van der Waals surface area contributed by atoms with Crippen LogP contribution in [0.4, 0.5) is 0 Å². The summed E-state index contributed by atoms with van der Waals surface area (Å²) in [6, 6.07) is 5.25. The lowest BCUT2D eigenvalue weighted by Gasteiger charge is -2.04. The van der Waals surface area contributed by atoms with Crippen LogP contribution in [0.2, 0.25) is 5.02 Å². The summed E-state index contributed by atoms with van der Waals surface area (Å²) in [5, 5.41) is 9.63. The van der Waals surface area contributed by atoms with Gasteiger partial charge in [0.25, 0.3) is 0 Å². The van der Waals surface area contributed by atoms with E-state index in [1.807, 2.05) is 6.92 Å². The van der Waals surface area contributed by atoms with Crippen LogP contribution in [0.3, 0.4) is 0 Å². The Bertz CT molecular complexity index is 756. The van der Waals surface area contributed by atoms with Crippen molar-refractivity contribution in [1.82, 2.24) is 0 Å². The zero-order valence-electron chi connectivity index (χ0n) is 10.4. The first-order valence-corrected chi connectivity index (χ1v) is 5.92. The van der Waals surface area contributed by atoms with Crippen molar-refractivity contribution in [3.8, 4) is 0 Å². The van der Waals surface area contributed by atoms with Gasteiger partial charge in [-0.25, -0.2) is 9.59 Å². The van der Waals surface area contributed by atoms with Gasteiger partial charge in [-0.05, 0) is 32.1 Å². The average molecular weight is 279 g/mol. The minimum atomic E-state index is -1.11. The van der Waals surface area contributed by atoms with Crippen molar-refractivity contribution in [3.05, 3.63) is 50.3 Å². The van der Waals surface area contributed by atoms with E-state index in [-0.39, 0.29) is 16.2 Å². The fraction of sp³-hybridized carbons (Fsp3) is 0.143. The normalized spacial score (nSPS) is 11.8. The third-order valence-corrected chi connectivity index (χ3v) is 3.14. The Balaban J connectivity index is 2.79.